The lowest BCUT2D eigenvalue weighted by atomic mass is 10.1. The number of methoxy groups -OCH3 is 1. The number of hydrogen-bond acceptors (Lipinski definition) is 5. The molecule has 0 radical (unpaired) electrons. The van der Waals surface area contributed by atoms with Crippen LogP contribution in [-0.4, -0.2) is 62.2 Å². The average molecular weight is 341 g/mol. The summed E-state index contributed by atoms with van der Waals surface area (Å²) in [6, 6.07) is 6.79. The Kier molecular flexibility index (Phi) is 6.15. The molecule has 0 saturated carbocycles. The van der Waals surface area contributed by atoms with E-state index >= 15 is 0 Å². The molecule has 1 heterocycles. The minimum absolute atomic E-state index is 0.00894. The lowest BCUT2D eigenvalue weighted by Gasteiger charge is -2.28. The van der Waals surface area contributed by atoms with Crippen LogP contribution in [0.25, 0.3) is 0 Å². The van der Waals surface area contributed by atoms with Crippen LogP contribution in [0.15, 0.2) is 24.3 Å². The highest BCUT2D eigenvalue weighted by molar-refractivity contribution is 7.91. The number of ether oxygens (including phenoxy) is 1. The maximum atomic E-state index is 11.7. The van der Waals surface area contributed by atoms with Crippen LogP contribution in [0, 0.1) is 0 Å². The smallest absolute Gasteiger partial charge is 0.335 e. The summed E-state index contributed by atoms with van der Waals surface area (Å²) in [5, 5.41) is 9.09. The number of aromatic carboxylic acids is 1. The molecule has 7 heteroatoms. The fraction of sp³-hybridized carbons (Fsp3) is 0.562. The molecule has 1 fully saturated rings. The van der Waals surface area contributed by atoms with Crippen LogP contribution in [0.3, 0.4) is 0 Å². The van der Waals surface area contributed by atoms with E-state index in [0.717, 1.165) is 18.5 Å². The van der Waals surface area contributed by atoms with Crippen molar-refractivity contribution in [3.8, 4) is 0 Å². The Balaban J connectivity index is 2.10. The zero-order chi connectivity index (χ0) is 16.9. The Hall–Kier alpha value is -1.44. The molecule has 1 aliphatic rings. The highest BCUT2D eigenvalue weighted by atomic mass is 32.2. The van der Waals surface area contributed by atoms with Crippen molar-refractivity contribution in [1.29, 1.82) is 0 Å². The summed E-state index contributed by atoms with van der Waals surface area (Å²) in [4.78, 5) is 13.2. The van der Waals surface area contributed by atoms with Crippen molar-refractivity contribution in [2.24, 2.45) is 0 Å². The molecule has 1 atom stereocenters. The van der Waals surface area contributed by atoms with Crippen LogP contribution in [0.4, 0.5) is 0 Å². The summed E-state index contributed by atoms with van der Waals surface area (Å²) in [5.41, 5.74) is 1.13. The highest BCUT2D eigenvalue weighted by Gasteiger charge is 2.32. The molecular formula is C16H23NO5S. The Morgan fingerprint density at radius 2 is 2.22 bits per heavy atom. The molecule has 2 rings (SSSR count). The van der Waals surface area contributed by atoms with E-state index in [1.54, 1.807) is 25.3 Å². The second-order valence-corrected chi connectivity index (χ2v) is 8.11. The van der Waals surface area contributed by atoms with Gasteiger partial charge in [0.1, 0.15) is 0 Å². The fourth-order valence-corrected chi connectivity index (χ4v) is 4.66. The van der Waals surface area contributed by atoms with E-state index in [0.29, 0.717) is 19.6 Å². The Bertz CT molecular complexity index is 644. The van der Waals surface area contributed by atoms with Crippen molar-refractivity contribution in [2.75, 3.05) is 31.8 Å². The van der Waals surface area contributed by atoms with Crippen molar-refractivity contribution in [3.63, 3.8) is 0 Å². The molecular weight excluding hydrogens is 318 g/mol. The molecule has 0 spiro atoms. The molecule has 1 aromatic rings. The van der Waals surface area contributed by atoms with Gasteiger partial charge >= 0.3 is 5.97 Å². The van der Waals surface area contributed by atoms with Gasteiger partial charge in [0.15, 0.2) is 9.84 Å². The number of carbonyl (C=O) groups is 1. The molecule has 1 aliphatic heterocycles. The standard InChI is InChI=1S/C16H23NO5S/c1-22-8-3-7-17(15-6-9-23(20,21)12-15)11-13-4-2-5-14(10-13)16(18)19/h2,4-5,10,15H,3,6-9,11-12H2,1H3,(H,18,19). The fourth-order valence-electron chi connectivity index (χ4n) is 2.90. The summed E-state index contributed by atoms with van der Waals surface area (Å²) in [7, 11) is -1.31. The quantitative estimate of drug-likeness (QED) is 0.720. The van der Waals surface area contributed by atoms with Gasteiger partial charge in [0.05, 0.1) is 17.1 Å². The van der Waals surface area contributed by atoms with Gasteiger partial charge in [0, 0.05) is 32.8 Å². The summed E-state index contributed by atoms with van der Waals surface area (Å²) in [5.74, 6) is -0.548. The van der Waals surface area contributed by atoms with Crippen molar-refractivity contribution in [3.05, 3.63) is 35.4 Å². The van der Waals surface area contributed by atoms with Crippen LogP contribution in [0.1, 0.15) is 28.8 Å². The second kappa shape index (κ2) is 7.90. The Labute approximate surface area is 137 Å². The molecule has 6 nitrogen and oxygen atoms in total. The van der Waals surface area contributed by atoms with E-state index in [-0.39, 0.29) is 23.1 Å². The topological polar surface area (TPSA) is 83.9 Å². The van der Waals surface area contributed by atoms with Gasteiger partial charge in [-0.1, -0.05) is 12.1 Å². The van der Waals surface area contributed by atoms with Gasteiger partial charge < -0.3 is 9.84 Å². The van der Waals surface area contributed by atoms with Crippen LogP contribution in [0.5, 0.6) is 0 Å². The van der Waals surface area contributed by atoms with E-state index in [4.69, 9.17) is 9.84 Å². The van der Waals surface area contributed by atoms with Gasteiger partial charge in [-0.25, -0.2) is 13.2 Å². The number of rotatable bonds is 8. The van der Waals surface area contributed by atoms with Crippen LogP contribution >= 0.6 is 0 Å². The molecule has 0 bridgehead atoms. The van der Waals surface area contributed by atoms with Gasteiger partial charge in [-0.3, -0.25) is 4.90 Å². The normalized spacial score (nSPS) is 20.0. The molecule has 0 aliphatic carbocycles. The van der Waals surface area contributed by atoms with E-state index < -0.39 is 15.8 Å². The van der Waals surface area contributed by atoms with Crippen LogP contribution in [0.2, 0.25) is 0 Å². The first-order chi connectivity index (χ1) is 10.9. The molecule has 1 unspecified atom stereocenters. The number of sulfone groups is 1. The highest BCUT2D eigenvalue weighted by Crippen LogP contribution is 2.20. The van der Waals surface area contributed by atoms with Gasteiger partial charge in [-0.15, -0.1) is 0 Å². The van der Waals surface area contributed by atoms with Crippen LogP contribution < -0.4 is 0 Å². The minimum Gasteiger partial charge on any atom is -0.478 e. The van der Waals surface area contributed by atoms with Gasteiger partial charge in [-0.05, 0) is 30.5 Å². The van der Waals surface area contributed by atoms with E-state index in [2.05, 4.69) is 4.90 Å². The van der Waals surface area contributed by atoms with Gasteiger partial charge in [0.25, 0.3) is 0 Å². The molecule has 1 saturated heterocycles. The van der Waals surface area contributed by atoms with E-state index in [1.807, 2.05) is 6.07 Å². The van der Waals surface area contributed by atoms with E-state index in [1.165, 1.54) is 0 Å². The summed E-state index contributed by atoms with van der Waals surface area (Å²) in [6.07, 6.45) is 1.44. The maximum Gasteiger partial charge on any atom is 0.335 e. The first kappa shape index (κ1) is 17.9. The lowest BCUT2D eigenvalue weighted by Crippen LogP contribution is -2.37. The average Bonchev–Trinajstić information content (AvgIpc) is 2.87. The second-order valence-electron chi connectivity index (χ2n) is 5.88. The third-order valence-electron chi connectivity index (χ3n) is 4.08. The predicted octanol–water partition coefficient (Wildman–Crippen LogP) is 1.41. The molecule has 1 N–H and O–H groups in total. The SMILES string of the molecule is COCCCN(Cc1cccc(C(=O)O)c1)C1CCS(=O)(=O)C1. The Morgan fingerprint density at radius 1 is 1.43 bits per heavy atom. The van der Waals surface area contributed by atoms with Crippen LogP contribution in [-0.2, 0) is 21.1 Å². The molecule has 128 valence electrons. The minimum atomic E-state index is -2.95. The van der Waals surface area contributed by atoms with Gasteiger partial charge in [0.2, 0.25) is 0 Å². The first-order valence-corrected chi connectivity index (χ1v) is 9.49. The summed E-state index contributed by atoms with van der Waals surface area (Å²) < 4.78 is 28.6. The summed E-state index contributed by atoms with van der Waals surface area (Å²) in [6.45, 7) is 1.89. The third-order valence-corrected chi connectivity index (χ3v) is 5.83. The predicted molar refractivity (Wildman–Crippen MR) is 87.4 cm³/mol. The Morgan fingerprint density at radius 3 is 2.83 bits per heavy atom. The number of carboxylic acids is 1. The van der Waals surface area contributed by atoms with Crippen molar-refractivity contribution >= 4 is 15.8 Å². The number of carboxylic acid groups (broad SMARTS) is 1. The molecule has 23 heavy (non-hydrogen) atoms. The number of nitrogens with zero attached hydrogens (tertiary/aromatic N) is 1. The summed E-state index contributed by atoms with van der Waals surface area (Å²) >= 11 is 0. The molecule has 0 amide bonds. The van der Waals surface area contributed by atoms with Gasteiger partial charge in [-0.2, -0.15) is 0 Å². The third kappa shape index (κ3) is 5.30. The number of benzene rings is 1. The zero-order valence-electron chi connectivity index (χ0n) is 13.3. The molecule has 1 aromatic carbocycles. The van der Waals surface area contributed by atoms with E-state index in [9.17, 15) is 13.2 Å². The van der Waals surface area contributed by atoms with Crippen molar-refractivity contribution in [2.45, 2.75) is 25.4 Å². The molecule has 0 aromatic heterocycles. The van der Waals surface area contributed by atoms with Crippen molar-refractivity contribution in [1.82, 2.24) is 4.90 Å². The maximum absolute atomic E-state index is 11.7. The monoisotopic (exact) mass is 341 g/mol. The number of hydrogen-bond donors (Lipinski definition) is 1. The largest absolute Gasteiger partial charge is 0.478 e. The lowest BCUT2D eigenvalue weighted by molar-refractivity contribution is 0.0696. The first-order valence-electron chi connectivity index (χ1n) is 7.67. The van der Waals surface area contributed by atoms with Crippen molar-refractivity contribution < 1.29 is 23.1 Å². The zero-order valence-corrected chi connectivity index (χ0v) is 14.1.